The molecule has 4 heteroatoms. The topological polar surface area (TPSA) is 29.3 Å². The second-order valence-electron chi connectivity index (χ2n) is 4.38. The van der Waals surface area contributed by atoms with E-state index in [2.05, 4.69) is 49.0 Å². The summed E-state index contributed by atoms with van der Waals surface area (Å²) in [6, 6.07) is 4.16. The van der Waals surface area contributed by atoms with Gasteiger partial charge in [-0.1, -0.05) is 15.9 Å². The van der Waals surface area contributed by atoms with Gasteiger partial charge in [-0.05, 0) is 37.6 Å². The Labute approximate surface area is 103 Å². The highest BCUT2D eigenvalue weighted by Gasteiger charge is 2.17. The number of aromatic nitrogens is 2. The van der Waals surface area contributed by atoms with Gasteiger partial charge in [0, 0.05) is 17.1 Å². The van der Waals surface area contributed by atoms with Crippen molar-refractivity contribution in [3.8, 4) is 0 Å². The molecule has 0 radical (unpaired) electrons. The van der Waals surface area contributed by atoms with Crippen LogP contribution in [-0.4, -0.2) is 22.5 Å². The van der Waals surface area contributed by atoms with Crippen LogP contribution in [0.5, 0.6) is 0 Å². The highest BCUT2D eigenvalue weighted by molar-refractivity contribution is 9.10. The van der Waals surface area contributed by atoms with Crippen LogP contribution in [0.2, 0.25) is 0 Å². The Morgan fingerprint density at radius 1 is 1.56 bits per heavy atom. The highest BCUT2D eigenvalue weighted by atomic mass is 79.9. The van der Waals surface area contributed by atoms with E-state index in [1.54, 1.807) is 0 Å². The van der Waals surface area contributed by atoms with Gasteiger partial charge in [-0.15, -0.1) is 0 Å². The number of hydrogen-bond acceptors (Lipinski definition) is 2. The molecule has 1 saturated heterocycles. The molecule has 1 N–H and O–H groups in total. The van der Waals surface area contributed by atoms with E-state index in [0.29, 0.717) is 0 Å². The van der Waals surface area contributed by atoms with Crippen molar-refractivity contribution in [1.29, 1.82) is 0 Å². The van der Waals surface area contributed by atoms with Crippen LogP contribution in [0.4, 0.5) is 0 Å². The van der Waals surface area contributed by atoms with E-state index < -0.39 is 0 Å². The fourth-order valence-electron chi connectivity index (χ4n) is 2.33. The van der Waals surface area contributed by atoms with Crippen molar-refractivity contribution in [3.63, 3.8) is 0 Å². The fourth-order valence-corrected chi connectivity index (χ4v) is 2.68. The summed E-state index contributed by atoms with van der Waals surface area (Å²) < 4.78 is 3.29. The second-order valence-corrected chi connectivity index (χ2v) is 5.29. The van der Waals surface area contributed by atoms with Crippen molar-refractivity contribution in [3.05, 3.63) is 34.8 Å². The van der Waals surface area contributed by atoms with Crippen molar-refractivity contribution in [2.45, 2.75) is 12.8 Å². The average molecular weight is 280 g/mol. The molecule has 16 heavy (non-hydrogen) atoms. The molecule has 3 heterocycles. The van der Waals surface area contributed by atoms with E-state index in [4.69, 9.17) is 0 Å². The van der Waals surface area contributed by atoms with E-state index in [1.807, 2.05) is 6.20 Å². The zero-order valence-electron chi connectivity index (χ0n) is 8.99. The van der Waals surface area contributed by atoms with Crippen LogP contribution >= 0.6 is 15.9 Å². The maximum absolute atomic E-state index is 4.51. The van der Waals surface area contributed by atoms with E-state index in [1.165, 1.54) is 12.2 Å². The van der Waals surface area contributed by atoms with Crippen molar-refractivity contribution < 1.29 is 0 Å². The average Bonchev–Trinajstić information content (AvgIpc) is 2.89. The van der Waals surface area contributed by atoms with Gasteiger partial charge in [0.15, 0.2) is 0 Å². The summed E-state index contributed by atoms with van der Waals surface area (Å²) in [6.07, 6.45) is 6.38. The van der Waals surface area contributed by atoms with Crippen molar-refractivity contribution in [2.24, 2.45) is 5.92 Å². The molecular formula is C12H14BrN3. The molecule has 2 aromatic rings. The molecule has 1 aliphatic rings. The van der Waals surface area contributed by atoms with Crippen LogP contribution < -0.4 is 5.32 Å². The van der Waals surface area contributed by atoms with Crippen molar-refractivity contribution in [2.75, 3.05) is 13.1 Å². The smallest absolute Gasteiger partial charge is 0.113 e. The minimum absolute atomic E-state index is 0.745. The van der Waals surface area contributed by atoms with E-state index >= 15 is 0 Å². The number of hydrogen-bond donors (Lipinski definition) is 1. The summed E-state index contributed by atoms with van der Waals surface area (Å²) in [4.78, 5) is 4.51. The highest BCUT2D eigenvalue weighted by Crippen LogP contribution is 2.18. The number of halogens is 1. The second kappa shape index (κ2) is 4.18. The van der Waals surface area contributed by atoms with Gasteiger partial charge in [0.25, 0.3) is 0 Å². The fraction of sp³-hybridized carbons (Fsp3) is 0.417. The van der Waals surface area contributed by atoms with Crippen LogP contribution in [0.1, 0.15) is 12.2 Å². The first-order valence-corrected chi connectivity index (χ1v) is 6.44. The number of imidazole rings is 1. The SMILES string of the molecule is Brc1ccn2c(CC3CCNC3)ncc2c1. The quantitative estimate of drug-likeness (QED) is 0.914. The lowest BCUT2D eigenvalue weighted by Crippen LogP contribution is -2.12. The van der Waals surface area contributed by atoms with Gasteiger partial charge in [0.05, 0.1) is 11.7 Å². The van der Waals surface area contributed by atoms with Gasteiger partial charge in [-0.25, -0.2) is 4.98 Å². The Bertz CT molecular complexity index is 500. The molecular weight excluding hydrogens is 266 g/mol. The molecule has 1 atom stereocenters. The third-order valence-electron chi connectivity index (χ3n) is 3.20. The van der Waals surface area contributed by atoms with Gasteiger partial charge in [-0.2, -0.15) is 0 Å². The number of nitrogens with zero attached hydrogens (tertiary/aromatic N) is 2. The lowest BCUT2D eigenvalue weighted by molar-refractivity contribution is 0.560. The molecule has 0 amide bonds. The minimum atomic E-state index is 0.745. The molecule has 0 aromatic carbocycles. The number of pyridine rings is 1. The van der Waals surface area contributed by atoms with Gasteiger partial charge < -0.3 is 9.72 Å². The lowest BCUT2D eigenvalue weighted by atomic mass is 10.1. The number of nitrogens with one attached hydrogen (secondary N) is 1. The zero-order chi connectivity index (χ0) is 11.0. The summed E-state index contributed by atoms with van der Waals surface area (Å²) in [5.41, 5.74) is 1.16. The Kier molecular flexibility index (Phi) is 2.69. The predicted molar refractivity (Wildman–Crippen MR) is 67.6 cm³/mol. The maximum atomic E-state index is 4.51. The minimum Gasteiger partial charge on any atom is -0.316 e. The predicted octanol–water partition coefficient (Wildman–Crippen LogP) is 2.25. The summed E-state index contributed by atoms with van der Waals surface area (Å²) in [7, 11) is 0. The molecule has 1 unspecified atom stereocenters. The monoisotopic (exact) mass is 279 g/mol. The Balaban J connectivity index is 1.91. The summed E-state index contributed by atoms with van der Waals surface area (Å²) in [6.45, 7) is 2.28. The van der Waals surface area contributed by atoms with Crippen LogP contribution in [0.3, 0.4) is 0 Å². The first kappa shape index (κ1) is 10.3. The van der Waals surface area contributed by atoms with E-state index in [-0.39, 0.29) is 0 Å². The molecule has 3 rings (SSSR count). The van der Waals surface area contributed by atoms with Gasteiger partial charge in [0.2, 0.25) is 0 Å². The third kappa shape index (κ3) is 1.87. The first-order chi connectivity index (χ1) is 7.83. The Morgan fingerprint density at radius 2 is 2.50 bits per heavy atom. The largest absolute Gasteiger partial charge is 0.316 e. The lowest BCUT2D eigenvalue weighted by Gasteiger charge is -2.07. The van der Waals surface area contributed by atoms with Gasteiger partial charge in [-0.3, -0.25) is 0 Å². The summed E-state index contributed by atoms with van der Waals surface area (Å²) in [5, 5.41) is 3.40. The molecule has 84 valence electrons. The normalized spacial score (nSPS) is 20.7. The number of fused-ring (bicyclic) bond motifs is 1. The number of rotatable bonds is 2. The molecule has 0 aliphatic carbocycles. The Hall–Kier alpha value is -0.870. The van der Waals surface area contributed by atoms with Crippen LogP contribution in [0.15, 0.2) is 29.0 Å². The molecule has 0 bridgehead atoms. The molecule has 0 saturated carbocycles. The zero-order valence-corrected chi connectivity index (χ0v) is 10.6. The third-order valence-corrected chi connectivity index (χ3v) is 3.70. The van der Waals surface area contributed by atoms with Crippen molar-refractivity contribution >= 4 is 21.4 Å². The molecule has 1 fully saturated rings. The molecule has 0 spiro atoms. The molecule has 3 nitrogen and oxygen atoms in total. The van der Waals surface area contributed by atoms with Crippen LogP contribution in [0.25, 0.3) is 5.52 Å². The summed E-state index contributed by atoms with van der Waals surface area (Å²) in [5.74, 6) is 1.92. The van der Waals surface area contributed by atoms with Crippen molar-refractivity contribution in [1.82, 2.24) is 14.7 Å². The standard InChI is InChI=1S/C12H14BrN3/c13-10-2-4-16-11(6-10)8-15-12(16)5-9-1-3-14-7-9/h2,4,6,8-9,14H,1,3,5,7H2. The van der Waals surface area contributed by atoms with Crippen LogP contribution in [0, 0.1) is 5.92 Å². The maximum Gasteiger partial charge on any atom is 0.113 e. The Morgan fingerprint density at radius 3 is 3.31 bits per heavy atom. The van der Waals surface area contributed by atoms with E-state index in [9.17, 15) is 0 Å². The van der Waals surface area contributed by atoms with Gasteiger partial charge >= 0.3 is 0 Å². The van der Waals surface area contributed by atoms with Crippen LogP contribution in [-0.2, 0) is 6.42 Å². The molecule has 2 aromatic heterocycles. The van der Waals surface area contributed by atoms with Gasteiger partial charge in [0.1, 0.15) is 5.82 Å². The van der Waals surface area contributed by atoms with E-state index in [0.717, 1.165) is 35.4 Å². The first-order valence-electron chi connectivity index (χ1n) is 5.65. The summed E-state index contributed by atoms with van der Waals surface area (Å²) >= 11 is 3.48. The molecule has 1 aliphatic heterocycles.